The summed E-state index contributed by atoms with van der Waals surface area (Å²) in [6.45, 7) is 6.36. The molecule has 1 unspecified atom stereocenters. The molecular weight excluding hydrogens is 224 g/mol. The Balaban J connectivity index is 2.52. The predicted octanol–water partition coefficient (Wildman–Crippen LogP) is 3.40. The molecule has 1 aliphatic carbocycles. The van der Waals surface area contributed by atoms with Crippen LogP contribution in [-0.4, -0.2) is 11.4 Å². The first-order chi connectivity index (χ1) is 8.55. The second kappa shape index (κ2) is 6.78. The number of nitrogens with zero attached hydrogens (tertiary/aromatic N) is 1. The monoisotopic (exact) mass is 250 g/mol. The first kappa shape index (κ1) is 15.0. The lowest BCUT2D eigenvalue weighted by Gasteiger charge is -2.35. The van der Waals surface area contributed by atoms with E-state index in [4.69, 9.17) is 0 Å². The Bertz CT molecular complexity index is 311. The molecule has 1 saturated carbocycles. The van der Waals surface area contributed by atoms with E-state index < -0.39 is 5.54 Å². The molecule has 1 amide bonds. The zero-order valence-electron chi connectivity index (χ0n) is 12.0. The minimum Gasteiger partial charge on any atom is -0.338 e. The van der Waals surface area contributed by atoms with Crippen molar-refractivity contribution in [1.29, 1.82) is 5.26 Å². The van der Waals surface area contributed by atoms with Crippen LogP contribution in [0.2, 0.25) is 0 Å². The van der Waals surface area contributed by atoms with Crippen molar-refractivity contribution in [3.8, 4) is 6.07 Å². The van der Waals surface area contributed by atoms with E-state index >= 15 is 0 Å². The van der Waals surface area contributed by atoms with E-state index in [0.29, 0.717) is 12.3 Å². The quantitative estimate of drug-likeness (QED) is 0.813. The molecule has 1 rings (SSSR count). The van der Waals surface area contributed by atoms with Gasteiger partial charge in [0.05, 0.1) is 6.07 Å². The summed E-state index contributed by atoms with van der Waals surface area (Å²) in [4.78, 5) is 11.9. The molecule has 0 bridgehead atoms. The summed E-state index contributed by atoms with van der Waals surface area (Å²) in [5.41, 5.74) is -0.587. The lowest BCUT2D eigenvalue weighted by Crippen LogP contribution is -2.49. The van der Waals surface area contributed by atoms with E-state index in [9.17, 15) is 10.1 Å². The molecule has 3 nitrogen and oxygen atoms in total. The van der Waals surface area contributed by atoms with E-state index in [1.165, 1.54) is 6.42 Å². The van der Waals surface area contributed by atoms with Crippen LogP contribution < -0.4 is 5.32 Å². The van der Waals surface area contributed by atoms with Crippen molar-refractivity contribution in [1.82, 2.24) is 5.32 Å². The van der Waals surface area contributed by atoms with Gasteiger partial charge < -0.3 is 5.32 Å². The van der Waals surface area contributed by atoms with Crippen LogP contribution in [0.5, 0.6) is 0 Å². The third-order valence-electron chi connectivity index (χ3n) is 4.36. The molecule has 0 spiro atoms. The number of carbonyl (C=O) groups excluding carboxylic acids is 1. The van der Waals surface area contributed by atoms with Crippen LogP contribution in [0.1, 0.15) is 65.7 Å². The largest absolute Gasteiger partial charge is 0.338 e. The molecule has 0 saturated heterocycles. The van der Waals surface area contributed by atoms with Gasteiger partial charge in [-0.1, -0.05) is 33.6 Å². The summed E-state index contributed by atoms with van der Waals surface area (Å²) in [5.74, 6) is 1.17. The van der Waals surface area contributed by atoms with Crippen LogP contribution in [0, 0.1) is 23.2 Å². The zero-order valence-corrected chi connectivity index (χ0v) is 12.0. The topological polar surface area (TPSA) is 52.9 Å². The molecule has 0 aromatic rings. The molecule has 0 radical (unpaired) electrons. The van der Waals surface area contributed by atoms with Crippen LogP contribution in [0.3, 0.4) is 0 Å². The minimum absolute atomic E-state index is 0.0425. The first-order valence-electron chi connectivity index (χ1n) is 7.27. The number of hydrogen-bond acceptors (Lipinski definition) is 2. The summed E-state index contributed by atoms with van der Waals surface area (Å²) < 4.78 is 0. The van der Waals surface area contributed by atoms with Gasteiger partial charge in [0, 0.05) is 6.42 Å². The van der Waals surface area contributed by atoms with Gasteiger partial charge in [0.15, 0.2) is 0 Å². The maximum atomic E-state index is 11.9. The molecule has 1 aliphatic rings. The van der Waals surface area contributed by atoms with E-state index in [1.807, 2.05) is 0 Å². The zero-order chi connectivity index (χ0) is 13.6. The Morgan fingerprint density at radius 3 is 2.50 bits per heavy atom. The highest BCUT2D eigenvalue weighted by atomic mass is 16.1. The predicted molar refractivity (Wildman–Crippen MR) is 72.8 cm³/mol. The third kappa shape index (κ3) is 4.01. The van der Waals surface area contributed by atoms with Crippen LogP contribution in [0.15, 0.2) is 0 Å². The molecule has 0 heterocycles. The standard InChI is InChI=1S/C15H26N2O/c1-4-12(3)10-14(18)17-15(11-16)8-6-13(5-2)7-9-15/h12-13H,4-10H2,1-3H3,(H,17,18). The molecule has 0 aromatic heterocycles. The van der Waals surface area contributed by atoms with Gasteiger partial charge in [0.25, 0.3) is 0 Å². The van der Waals surface area contributed by atoms with Crippen LogP contribution in [0.4, 0.5) is 0 Å². The Kier molecular flexibility index (Phi) is 5.65. The van der Waals surface area contributed by atoms with E-state index in [0.717, 1.165) is 38.0 Å². The number of nitrogens with one attached hydrogen (secondary N) is 1. The van der Waals surface area contributed by atoms with Crippen molar-refractivity contribution >= 4 is 5.91 Å². The molecular formula is C15H26N2O. The van der Waals surface area contributed by atoms with Crippen molar-refractivity contribution in [3.63, 3.8) is 0 Å². The van der Waals surface area contributed by atoms with Crippen molar-refractivity contribution in [2.75, 3.05) is 0 Å². The van der Waals surface area contributed by atoms with Crippen LogP contribution in [0.25, 0.3) is 0 Å². The fourth-order valence-electron chi connectivity index (χ4n) is 2.62. The van der Waals surface area contributed by atoms with E-state index in [2.05, 4.69) is 32.2 Å². The second-order valence-electron chi connectivity index (χ2n) is 5.81. The van der Waals surface area contributed by atoms with Crippen LogP contribution in [-0.2, 0) is 4.79 Å². The summed E-state index contributed by atoms with van der Waals surface area (Å²) in [6, 6.07) is 2.35. The highest BCUT2D eigenvalue weighted by Crippen LogP contribution is 2.33. The van der Waals surface area contributed by atoms with Crippen molar-refractivity contribution < 1.29 is 4.79 Å². The minimum atomic E-state index is -0.587. The molecule has 0 aliphatic heterocycles. The number of nitriles is 1. The molecule has 1 atom stereocenters. The summed E-state index contributed by atoms with van der Waals surface area (Å²) in [7, 11) is 0. The number of rotatable bonds is 5. The lowest BCUT2D eigenvalue weighted by molar-refractivity contribution is -0.123. The highest BCUT2D eigenvalue weighted by molar-refractivity contribution is 5.77. The summed E-state index contributed by atoms with van der Waals surface area (Å²) >= 11 is 0. The highest BCUT2D eigenvalue weighted by Gasteiger charge is 2.36. The molecule has 1 N–H and O–H groups in total. The maximum Gasteiger partial charge on any atom is 0.221 e. The molecule has 0 aromatic carbocycles. The van der Waals surface area contributed by atoms with Gasteiger partial charge in [0.1, 0.15) is 5.54 Å². The lowest BCUT2D eigenvalue weighted by atomic mass is 9.76. The van der Waals surface area contributed by atoms with Crippen molar-refractivity contribution in [2.24, 2.45) is 11.8 Å². The maximum absolute atomic E-state index is 11.9. The Morgan fingerprint density at radius 2 is 2.06 bits per heavy atom. The van der Waals surface area contributed by atoms with Gasteiger partial charge in [0.2, 0.25) is 5.91 Å². The summed E-state index contributed by atoms with van der Waals surface area (Å²) in [6.07, 6.45) is 6.48. The van der Waals surface area contributed by atoms with Gasteiger partial charge in [-0.05, 0) is 37.5 Å². The van der Waals surface area contributed by atoms with Crippen LogP contribution >= 0.6 is 0 Å². The van der Waals surface area contributed by atoms with Gasteiger partial charge in [-0.3, -0.25) is 4.79 Å². The second-order valence-corrected chi connectivity index (χ2v) is 5.81. The smallest absolute Gasteiger partial charge is 0.221 e. The van der Waals surface area contributed by atoms with Gasteiger partial charge in [-0.15, -0.1) is 0 Å². The molecule has 1 fully saturated rings. The Hall–Kier alpha value is -1.04. The third-order valence-corrected chi connectivity index (χ3v) is 4.36. The number of amides is 1. The first-order valence-corrected chi connectivity index (χ1v) is 7.27. The fourth-order valence-corrected chi connectivity index (χ4v) is 2.62. The normalized spacial score (nSPS) is 29.3. The van der Waals surface area contributed by atoms with Crippen molar-refractivity contribution in [2.45, 2.75) is 71.3 Å². The Morgan fingerprint density at radius 1 is 1.44 bits per heavy atom. The van der Waals surface area contributed by atoms with Gasteiger partial charge >= 0.3 is 0 Å². The SMILES string of the molecule is CCC(C)CC(=O)NC1(C#N)CCC(CC)CC1. The average Bonchev–Trinajstić information content (AvgIpc) is 2.39. The number of hydrogen-bond donors (Lipinski definition) is 1. The van der Waals surface area contributed by atoms with E-state index in [1.54, 1.807) is 0 Å². The average molecular weight is 250 g/mol. The van der Waals surface area contributed by atoms with Gasteiger partial charge in [-0.25, -0.2) is 0 Å². The summed E-state index contributed by atoms with van der Waals surface area (Å²) in [5, 5.41) is 12.4. The molecule has 3 heteroatoms. The fraction of sp³-hybridized carbons (Fsp3) is 0.867. The number of carbonyl (C=O) groups is 1. The molecule has 18 heavy (non-hydrogen) atoms. The van der Waals surface area contributed by atoms with Crippen molar-refractivity contribution in [3.05, 3.63) is 0 Å². The Labute approximate surface area is 111 Å². The molecule has 102 valence electrons. The van der Waals surface area contributed by atoms with Gasteiger partial charge in [-0.2, -0.15) is 5.26 Å². The van der Waals surface area contributed by atoms with E-state index in [-0.39, 0.29) is 5.91 Å².